The van der Waals surface area contributed by atoms with Crippen LogP contribution in [0.1, 0.15) is 11.1 Å². The molecule has 0 N–H and O–H groups in total. The van der Waals surface area contributed by atoms with Crippen LogP contribution in [0.25, 0.3) is 0 Å². The molecule has 0 saturated carbocycles. The van der Waals surface area contributed by atoms with Gasteiger partial charge in [0.1, 0.15) is 0 Å². The van der Waals surface area contributed by atoms with Crippen LogP contribution in [0.5, 0.6) is 0 Å². The van der Waals surface area contributed by atoms with Gasteiger partial charge in [0.2, 0.25) is 5.95 Å². The van der Waals surface area contributed by atoms with Gasteiger partial charge >= 0.3 is 0 Å². The molecule has 0 amide bonds. The molecule has 2 heterocycles. The SMILES string of the molecule is Clc1ccc(Br)c2c1CN(c1ncccn1)CC2. The minimum absolute atomic E-state index is 0.762. The van der Waals surface area contributed by atoms with E-state index in [9.17, 15) is 0 Å². The molecular formula is C13H11BrClN3. The first-order valence-corrected chi connectivity index (χ1v) is 6.90. The largest absolute Gasteiger partial charge is 0.336 e. The standard InChI is InChI=1S/C13H11BrClN3/c14-11-2-3-12(15)10-8-18(7-4-9(10)11)13-16-5-1-6-17-13/h1-3,5-6H,4,7-8H2. The number of fused-ring (bicyclic) bond motifs is 1. The van der Waals surface area contributed by atoms with Crippen LogP contribution in [0.15, 0.2) is 35.1 Å². The van der Waals surface area contributed by atoms with Crippen molar-refractivity contribution in [3.05, 3.63) is 51.2 Å². The van der Waals surface area contributed by atoms with Crippen molar-refractivity contribution in [2.24, 2.45) is 0 Å². The zero-order chi connectivity index (χ0) is 12.5. The summed E-state index contributed by atoms with van der Waals surface area (Å²) in [5.41, 5.74) is 2.47. The van der Waals surface area contributed by atoms with E-state index in [0.717, 1.165) is 35.0 Å². The number of hydrogen-bond acceptors (Lipinski definition) is 3. The molecule has 1 aliphatic heterocycles. The molecule has 0 saturated heterocycles. The van der Waals surface area contributed by atoms with Crippen LogP contribution in [-0.4, -0.2) is 16.5 Å². The van der Waals surface area contributed by atoms with Crippen LogP contribution in [-0.2, 0) is 13.0 Å². The molecule has 0 atom stereocenters. The zero-order valence-corrected chi connectivity index (χ0v) is 11.9. The summed E-state index contributed by atoms with van der Waals surface area (Å²) in [6.07, 6.45) is 4.48. The molecule has 0 fully saturated rings. The van der Waals surface area contributed by atoms with Crippen LogP contribution in [0.2, 0.25) is 5.02 Å². The molecule has 2 aromatic rings. The van der Waals surface area contributed by atoms with Crippen molar-refractivity contribution in [2.45, 2.75) is 13.0 Å². The van der Waals surface area contributed by atoms with Gasteiger partial charge in [0.25, 0.3) is 0 Å². The van der Waals surface area contributed by atoms with Gasteiger partial charge in [-0.25, -0.2) is 9.97 Å². The molecule has 3 rings (SSSR count). The van der Waals surface area contributed by atoms with E-state index < -0.39 is 0 Å². The fourth-order valence-electron chi connectivity index (χ4n) is 2.22. The summed E-state index contributed by atoms with van der Waals surface area (Å²) >= 11 is 9.86. The van der Waals surface area contributed by atoms with Crippen LogP contribution in [0.4, 0.5) is 5.95 Å². The summed E-state index contributed by atoms with van der Waals surface area (Å²) in [6.45, 7) is 1.67. The zero-order valence-electron chi connectivity index (χ0n) is 9.61. The highest BCUT2D eigenvalue weighted by Crippen LogP contribution is 2.32. The summed E-state index contributed by atoms with van der Waals surface area (Å²) in [4.78, 5) is 10.7. The van der Waals surface area contributed by atoms with E-state index in [2.05, 4.69) is 30.8 Å². The Labute approximate surface area is 119 Å². The van der Waals surface area contributed by atoms with Crippen molar-refractivity contribution in [3.63, 3.8) is 0 Å². The number of rotatable bonds is 1. The van der Waals surface area contributed by atoms with Gasteiger partial charge in [0, 0.05) is 35.0 Å². The molecule has 0 unspecified atom stereocenters. The smallest absolute Gasteiger partial charge is 0.225 e. The van der Waals surface area contributed by atoms with Gasteiger partial charge < -0.3 is 4.90 Å². The number of anilines is 1. The number of halogens is 2. The van der Waals surface area contributed by atoms with E-state index >= 15 is 0 Å². The van der Waals surface area contributed by atoms with Gasteiger partial charge in [-0.1, -0.05) is 27.5 Å². The molecule has 5 heteroatoms. The fourth-order valence-corrected chi connectivity index (χ4v) is 3.03. The molecule has 18 heavy (non-hydrogen) atoms. The lowest BCUT2D eigenvalue weighted by Gasteiger charge is -2.30. The second-order valence-corrected chi connectivity index (χ2v) is 5.47. The van der Waals surface area contributed by atoms with Crippen molar-refractivity contribution in [3.8, 4) is 0 Å². The molecule has 0 aliphatic carbocycles. The first-order valence-electron chi connectivity index (χ1n) is 5.73. The van der Waals surface area contributed by atoms with E-state index in [1.165, 1.54) is 11.1 Å². The first-order chi connectivity index (χ1) is 8.75. The summed E-state index contributed by atoms with van der Waals surface area (Å²) in [5.74, 6) is 0.763. The Bertz CT molecular complexity index is 574. The third kappa shape index (κ3) is 2.10. The highest BCUT2D eigenvalue weighted by atomic mass is 79.9. The van der Waals surface area contributed by atoms with Crippen LogP contribution < -0.4 is 4.90 Å². The van der Waals surface area contributed by atoms with E-state index in [1.807, 2.05) is 18.2 Å². The summed E-state index contributed by atoms with van der Waals surface area (Å²) < 4.78 is 1.13. The number of aromatic nitrogens is 2. The van der Waals surface area contributed by atoms with Crippen molar-refractivity contribution >= 4 is 33.5 Å². The van der Waals surface area contributed by atoms with Gasteiger partial charge in [-0.15, -0.1) is 0 Å². The molecule has 0 bridgehead atoms. The predicted molar refractivity (Wildman–Crippen MR) is 75.9 cm³/mol. The fraction of sp³-hybridized carbons (Fsp3) is 0.231. The van der Waals surface area contributed by atoms with Crippen molar-refractivity contribution in [2.75, 3.05) is 11.4 Å². The van der Waals surface area contributed by atoms with Crippen molar-refractivity contribution in [1.82, 2.24) is 9.97 Å². The molecule has 1 aliphatic rings. The van der Waals surface area contributed by atoms with Gasteiger partial charge in [-0.2, -0.15) is 0 Å². The van der Waals surface area contributed by atoms with Crippen molar-refractivity contribution < 1.29 is 0 Å². The normalized spacial score (nSPS) is 14.4. The Morgan fingerprint density at radius 3 is 2.72 bits per heavy atom. The second kappa shape index (κ2) is 4.86. The minimum Gasteiger partial charge on any atom is -0.336 e. The van der Waals surface area contributed by atoms with Gasteiger partial charge in [0.05, 0.1) is 0 Å². The van der Waals surface area contributed by atoms with Crippen LogP contribution in [0, 0.1) is 0 Å². The Balaban J connectivity index is 1.96. The topological polar surface area (TPSA) is 29.0 Å². The highest BCUT2D eigenvalue weighted by molar-refractivity contribution is 9.10. The molecule has 92 valence electrons. The van der Waals surface area contributed by atoms with Crippen LogP contribution >= 0.6 is 27.5 Å². The number of benzene rings is 1. The van der Waals surface area contributed by atoms with Gasteiger partial charge in [0.15, 0.2) is 0 Å². The summed E-state index contributed by atoms with van der Waals surface area (Å²) in [5, 5.41) is 0.814. The monoisotopic (exact) mass is 323 g/mol. The lowest BCUT2D eigenvalue weighted by molar-refractivity contribution is 0.705. The third-order valence-corrected chi connectivity index (χ3v) is 4.23. The summed E-state index contributed by atoms with van der Waals surface area (Å²) in [6, 6.07) is 5.76. The average molecular weight is 325 g/mol. The number of nitrogens with zero attached hydrogens (tertiary/aromatic N) is 3. The Hall–Kier alpha value is -1.13. The minimum atomic E-state index is 0.762. The molecule has 0 radical (unpaired) electrons. The molecule has 0 spiro atoms. The Kier molecular flexibility index (Phi) is 3.22. The maximum Gasteiger partial charge on any atom is 0.225 e. The van der Waals surface area contributed by atoms with Gasteiger partial charge in [-0.05, 0) is 35.7 Å². The van der Waals surface area contributed by atoms with E-state index in [1.54, 1.807) is 12.4 Å². The third-order valence-electron chi connectivity index (χ3n) is 3.13. The first kappa shape index (κ1) is 11.9. The van der Waals surface area contributed by atoms with E-state index in [0.29, 0.717) is 0 Å². The predicted octanol–water partition coefficient (Wildman–Crippen LogP) is 3.46. The van der Waals surface area contributed by atoms with E-state index in [4.69, 9.17) is 11.6 Å². The molecule has 1 aromatic heterocycles. The van der Waals surface area contributed by atoms with Crippen LogP contribution in [0.3, 0.4) is 0 Å². The Morgan fingerprint density at radius 2 is 1.94 bits per heavy atom. The number of hydrogen-bond donors (Lipinski definition) is 0. The molecule has 3 nitrogen and oxygen atoms in total. The second-order valence-electron chi connectivity index (χ2n) is 4.21. The lowest BCUT2D eigenvalue weighted by Crippen LogP contribution is -2.32. The maximum absolute atomic E-state index is 6.28. The summed E-state index contributed by atoms with van der Waals surface area (Å²) in [7, 11) is 0. The highest BCUT2D eigenvalue weighted by Gasteiger charge is 2.21. The van der Waals surface area contributed by atoms with Gasteiger partial charge in [-0.3, -0.25) is 0 Å². The molecule has 1 aromatic carbocycles. The quantitative estimate of drug-likeness (QED) is 0.804. The van der Waals surface area contributed by atoms with Crippen molar-refractivity contribution in [1.29, 1.82) is 0 Å². The van der Waals surface area contributed by atoms with E-state index in [-0.39, 0.29) is 0 Å². The lowest BCUT2D eigenvalue weighted by atomic mass is 10.00. The maximum atomic E-state index is 6.28. The average Bonchev–Trinajstić information content (AvgIpc) is 2.44. The Morgan fingerprint density at radius 1 is 1.17 bits per heavy atom. The molecular weight excluding hydrogens is 314 g/mol.